The van der Waals surface area contributed by atoms with Crippen LogP contribution in [-0.2, 0) is 27.7 Å². The van der Waals surface area contributed by atoms with Gasteiger partial charge in [-0.05, 0) is 43.5 Å². The highest BCUT2D eigenvalue weighted by atomic mass is 32.2. The van der Waals surface area contributed by atoms with E-state index >= 15 is 0 Å². The van der Waals surface area contributed by atoms with E-state index in [9.17, 15) is 27.9 Å². The van der Waals surface area contributed by atoms with E-state index in [4.69, 9.17) is 4.42 Å². The number of carbonyl (C=O) groups excluding carboxylic acids is 2. The first-order valence-electron chi connectivity index (χ1n) is 10.5. The van der Waals surface area contributed by atoms with Crippen molar-refractivity contribution in [1.29, 1.82) is 0 Å². The van der Waals surface area contributed by atoms with Gasteiger partial charge in [0.1, 0.15) is 17.4 Å². The van der Waals surface area contributed by atoms with Gasteiger partial charge in [0.05, 0.1) is 22.6 Å². The Balaban J connectivity index is 1.41. The molecule has 0 bridgehead atoms. The van der Waals surface area contributed by atoms with Crippen molar-refractivity contribution in [3.63, 3.8) is 0 Å². The van der Waals surface area contributed by atoms with Crippen LogP contribution in [0.25, 0.3) is 11.0 Å². The van der Waals surface area contributed by atoms with Crippen molar-refractivity contribution in [3.05, 3.63) is 64.9 Å². The molecule has 0 saturated carbocycles. The lowest BCUT2D eigenvalue weighted by Crippen LogP contribution is -2.49. The van der Waals surface area contributed by atoms with Gasteiger partial charge < -0.3 is 9.52 Å². The number of carboxylic acid groups (broad SMARTS) is 1. The molecule has 1 aliphatic carbocycles. The molecule has 1 aliphatic heterocycles. The maximum atomic E-state index is 13.0. The average Bonchev–Trinajstić information content (AvgIpc) is 3.29. The quantitative estimate of drug-likeness (QED) is 0.530. The summed E-state index contributed by atoms with van der Waals surface area (Å²) in [5.41, 5.74) is 1.82. The van der Waals surface area contributed by atoms with E-state index in [-0.39, 0.29) is 16.0 Å². The summed E-state index contributed by atoms with van der Waals surface area (Å²) in [5, 5.41) is 10.5. The first-order valence-corrected chi connectivity index (χ1v) is 12.0. The molecule has 3 aromatic rings. The van der Waals surface area contributed by atoms with Crippen LogP contribution in [0.4, 0.5) is 0 Å². The summed E-state index contributed by atoms with van der Waals surface area (Å²) in [5.74, 6) is -1.98. The Morgan fingerprint density at radius 3 is 2.39 bits per heavy atom. The van der Waals surface area contributed by atoms with Crippen LogP contribution in [0.3, 0.4) is 0 Å². The summed E-state index contributed by atoms with van der Waals surface area (Å²) in [6.07, 6.45) is 3.72. The van der Waals surface area contributed by atoms with E-state index in [0.717, 1.165) is 47.3 Å². The van der Waals surface area contributed by atoms with Crippen molar-refractivity contribution in [1.82, 2.24) is 9.62 Å². The molecule has 0 spiro atoms. The highest BCUT2D eigenvalue weighted by Crippen LogP contribution is 2.33. The summed E-state index contributed by atoms with van der Waals surface area (Å²) in [6.45, 7) is -0.641. The zero-order valence-corrected chi connectivity index (χ0v) is 18.2. The average molecular weight is 468 g/mol. The Bertz CT molecular complexity index is 1390. The summed E-state index contributed by atoms with van der Waals surface area (Å²) < 4.78 is 33.9. The number of aryl methyl sites for hydroxylation is 2. The van der Waals surface area contributed by atoms with Crippen molar-refractivity contribution >= 4 is 38.8 Å². The Hall–Kier alpha value is -3.50. The van der Waals surface area contributed by atoms with Crippen molar-refractivity contribution in [2.75, 3.05) is 6.54 Å². The summed E-state index contributed by atoms with van der Waals surface area (Å²) in [7, 11) is -4.28. The molecule has 2 heterocycles. The fraction of sp³-hybridized carbons (Fsp3) is 0.261. The summed E-state index contributed by atoms with van der Waals surface area (Å²) in [4.78, 5) is 37.6. The molecule has 0 fully saturated rings. The predicted octanol–water partition coefficient (Wildman–Crippen LogP) is 2.34. The Kier molecular flexibility index (Phi) is 5.06. The second-order valence-electron chi connectivity index (χ2n) is 8.15. The third kappa shape index (κ3) is 3.61. The van der Waals surface area contributed by atoms with Crippen LogP contribution in [0, 0.1) is 0 Å². The molecule has 9 nitrogen and oxygen atoms in total. The minimum Gasteiger partial charge on any atom is -0.480 e. The number of benzene rings is 2. The summed E-state index contributed by atoms with van der Waals surface area (Å²) in [6, 6.07) is 8.82. The first kappa shape index (κ1) is 21.4. The molecule has 2 N–H and O–H groups in total. The maximum absolute atomic E-state index is 13.0. The van der Waals surface area contributed by atoms with Crippen molar-refractivity contribution in [2.45, 2.75) is 36.6 Å². The van der Waals surface area contributed by atoms with Gasteiger partial charge in [0, 0.05) is 23.4 Å². The van der Waals surface area contributed by atoms with E-state index in [1.807, 2.05) is 0 Å². The predicted molar refractivity (Wildman–Crippen MR) is 116 cm³/mol. The number of nitrogens with one attached hydrogen (secondary N) is 1. The fourth-order valence-electron chi connectivity index (χ4n) is 4.42. The lowest BCUT2D eigenvalue weighted by atomic mass is 9.96. The normalized spacial score (nSPS) is 16.7. The fourth-order valence-corrected chi connectivity index (χ4v) is 5.62. The number of sulfonamides is 1. The van der Waals surface area contributed by atoms with E-state index in [2.05, 4.69) is 4.72 Å². The third-order valence-corrected chi connectivity index (χ3v) is 7.55. The number of aliphatic carboxylic acids is 1. The van der Waals surface area contributed by atoms with Crippen molar-refractivity contribution in [3.8, 4) is 0 Å². The molecule has 33 heavy (non-hydrogen) atoms. The zero-order chi connectivity index (χ0) is 23.3. The molecular weight excluding hydrogens is 448 g/mol. The second kappa shape index (κ2) is 7.82. The van der Waals surface area contributed by atoms with E-state index in [1.54, 1.807) is 18.2 Å². The van der Waals surface area contributed by atoms with Gasteiger partial charge in [-0.1, -0.05) is 12.1 Å². The number of carbonyl (C=O) groups is 3. The van der Waals surface area contributed by atoms with E-state index < -0.39 is 40.4 Å². The number of amides is 2. The molecule has 2 aromatic carbocycles. The van der Waals surface area contributed by atoms with E-state index in [0.29, 0.717) is 5.58 Å². The molecular formula is C23H20N2O7S. The Labute approximate surface area is 189 Å². The Morgan fingerprint density at radius 2 is 1.73 bits per heavy atom. The largest absolute Gasteiger partial charge is 0.480 e. The second-order valence-corrected chi connectivity index (χ2v) is 9.86. The molecule has 0 unspecified atom stereocenters. The smallest absolute Gasteiger partial charge is 0.323 e. The van der Waals surface area contributed by atoms with Crippen LogP contribution < -0.4 is 4.72 Å². The molecule has 0 saturated heterocycles. The van der Waals surface area contributed by atoms with E-state index in [1.165, 1.54) is 24.3 Å². The maximum Gasteiger partial charge on any atom is 0.323 e. The molecule has 10 heteroatoms. The highest BCUT2D eigenvalue weighted by molar-refractivity contribution is 7.89. The first-order chi connectivity index (χ1) is 15.8. The number of nitrogens with zero attached hydrogens (tertiary/aromatic N) is 1. The molecule has 0 radical (unpaired) electrons. The lowest BCUT2D eigenvalue weighted by molar-refractivity contribution is -0.139. The number of hydrogen-bond donors (Lipinski definition) is 2. The molecule has 5 rings (SSSR count). The van der Waals surface area contributed by atoms with Crippen LogP contribution in [0.1, 0.15) is 44.9 Å². The monoisotopic (exact) mass is 468 g/mol. The molecule has 170 valence electrons. The number of imide groups is 1. The van der Waals surface area contributed by atoms with Gasteiger partial charge in [-0.15, -0.1) is 0 Å². The van der Waals surface area contributed by atoms with Gasteiger partial charge in [0.25, 0.3) is 11.8 Å². The standard InChI is InChI=1S/C23H20N2O7S/c26-21-16-6-1-2-7-17(16)22(27)25(21)12-18(23(28)29)24-33(30,31)13-9-10-15-14-5-3-4-8-19(14)32-20(15)11-13/h1-2,6-7,9-11,18,24H,3-5,8,12H2,(H,28,29)/t18-/m1/s1. The number of fused-ring (bicyclic) bond motifs is 4. The van der Waals surface area contributed by atoms with Gasteiger partial charge in [-0.3, -0.25) is 19.3 Å². The third-order valence-electron chi connectivity index (χ3n) is 6.08. The van der Waals surface area contributed by atoms with Gasteiger partial charge in [-0.25, -0.2) is 8.42 Å². The lowest BCUT2D eigenvalue weighted by Gasteiger charge is -2.20. The SMILES string of the molecule is O=C(O)[C@@H](CN1C(=O)c2ccccc2C1=O)NS(=O)(=O)c1ccc2c3c(oc2c1)CCCC3. The number of rotatable bonds is 6. The number of carboxylic acids is 1. The van der Waals surface area contributed by atoms with Crippen molar-refractivity contribution < 1.29 is 32.3 Å². The van der Waals surface area contributed by atoms with Gasteiger partial charge >= 0.3 is 5.97 Å². The molecule has 1 atom stereocenters. The summed E-state index contributed by atoms with van der Waals surface area (Å²) >= 11 is 0. The molecule has 1 aromatic heterocycles. The van der Waals surface area contributed by atoms with Crippen molar-refractivity contribution in [2.24, 2.45) is 0 Å². The molecule has 2 amide bonds. The van der Waals surface area contributed by atoms with Crippen LogP contribution in [0.15, 0.2) is 51.8 Å². The van der Waals surface area contributed by atoms with Gasteiger partial charge in [-0.2, -0.15) is 4.72 Å². The van der Waals surface area contributed by atoms with Crippen LogP contribution in [0.5, 0.6) is 0 Å². The van der Waals surface area contributed by atoms with Gasteiger partial charge in [0.2, 0.25) is 10.0 Å². The number of furan rings is 1. The van der Waals surface area contributed by atoms with Gasteiger partial charge in [0.15, 0.2) is 0 Å². The highest BCUT2D eigenvalue weighted by Gasteiger charge is 2.39. The minimum atomic E-state index is -4.28. The minimum absolute atomic E-state index is 0.154. The Morgan fingerprint density at radius 1 is 1.06 bits per heavy atom. The number of hydrogen-bond acceptors (Lipinski definition) is 6. The van der Waals surface area contributed by atoms with Crippen LogP contribution in [-0.4, -0.2) is 48.8 Å². The van der Waals surface area contributed by atoms with Crippen LogP contribution >= 0.6 is 0 Å². The topological polar surface area (TPSA) is 134 Å². The van der Waals surface area contributed by atoms with Crippen LogP contribution in [0.2, 0.25) is 0 Å². The zero-order valence-electron chi connectivity index (χ0n) is 17.4. The molecule has 2 aliphatic rings.